The van der Waals surface area contributed by atoms with Gasteiger partial charge < -0.3 is 10.0 Å². The third-order valence-electron chi connectivity index (χ3n) is 6.15. The standard InChI is InChI=1S/C26H23F2N3O2/c1-26(2,33)21-9-8-17(19-13-30(3)29-24(19)21)16-10-22(27)20(23(28)11-16)14-31-12-15-6-4-5-7-18(15)25(31)32/h4-11,13,33H,12,14H2,1-3H3. The normalized spacial score (nSPS) is 13.8. The highest BCUT2D eigenvalue weighted by Gasteiger charge is 2.29. The summed E-state index contributed by atoms with van der Waals surface area (Å²) in [5, 5.41) is 15.6. The minimum Gasteiger partial charge on any atom is -0.386 e. The maximum Gasteiger partial charge on any atom is 0.254 e. The molecule has 0 aliphatic carbocycles. The van der Waals surface area contributed by atoms with Crippen LogP contribution in [0, 0.1) is 11.6 Å². The van der Waals surface area contributed by atoms with Gasteiger partial charge in [-0.25, -0.2) is 8.78 Å². The number of fused-ring (bicyclic) bond motifs is 2. The van der Waals surface area contributed by atoms with Gasteiger partial charge in [-0.2, -0.15) is 5.10 Å². The number of nitrogens with zero attached hydrogens (tertiary/aromatic N) is 3. The van der Waals surface area contributed by atoms with Gasteiger partial charge in [0.05, 0.1) is 17.7 Å². The van der Waals surface area contributed by atoms with E-state index in [4.69, 9.17) is 0 Å². The number of rotatable bonds is 4. The SMILES string of the molecule is Cn1cc2c(-c3cc(F)c(CN4Cc5ccccc5C4=O)c(F)c3)ccc(C(C)(C)O)c2n1. The Balaban J connectivity index is 1.53. The summed E-state index contributed by atoms with van der Waals surface area (Å²) in [7, 11) is 1.76. The molecule has 0 unspecified atom stereocenters. The average Bonchev–Trinajstić information content (AvgIpc) is 3.28. The van der Waals surface area contributed by atoms with E-state index in [0.717, 1.165) is 5.56 Å². The minimum absolute atomic E-state index is 0.143. The molecule has 1 aliphatic heterocycles. The molecule has 2 heterocycles. The molecule has 5 rings (SSSR count). The van der Waals surface area contributed by atoms with Gasteiger partial charge in [-0.3, -0.25) is 9.48 Å². The Hall–Kier alpha value is -3.58. The van der Waals surface area contributed by atoms with Crippen LogP contribution in [0.5, 0.6) is 0 Å². The van der Waals surface area contributed by atoms with Gasteiger partial charge in [0.1, 0.15) is 11.6 Å². The zero-order chi connectivity index (χ0) is 23.5. The van der Waals surface area contributed by atoms with E-state index in [0.29, 0.717) is 39.7 Å². The molecule has 0 saturated heterocycles. The summed E-state index contributed by atoms with van der Waals surface area (Å²) < 4.78 is 31.9. The molecule has 5 nitrogen and oxygen atoms in total. The summed E-state index contributed by atoms with van der Waals surface area (Å²) in [5.74, 6) is -1.65. The molecule has 1 amide bonds. The van der Waals surface area contributed by atoms with E-state index in [-0.39, 0.29) is 18.0 Å². The van der Waals surface area contributed by atoms with Crippen molar-refractivity contribution in [2.45, 2.75) is 32.5 Å². The zero-order valence-corrected chi connectivity index (χ0v) is 18.6. The first-order valence-electron chi connectivity index (χ1n) is 10.7. The van der Waals surface area contributed by atoms with Gasteiger partial charge >= 0.3 is 0 Å². The summed E-state index contributed by atoms with van der Waals surface area (Å²) in [6, 6.07) is 13.2. The van der Waals surface area contributed by atoms with Crippen LogP contribution in [0.4, 0.5) is 8.78 Å². The Labute approximate surface area is 189 Å². The van der Waals surface area contributed by atoms with Crippen molar-refractivity contribution in [1.82, 2.24) is 14.7 Å². The van der Waals surface area contributed by atoms with E-state index in [2.05, 4.69) is 5.10 Å². The Bertz CT molecular complexity index is 1400. The molecule has 0 spiro atoms. The van der Waals surface area contributed by atoms with E-state index < -0.39 is 17.2 Å². The molecule has 33 heavy (non-hydrogen) atoms. The Morgan fingerprint density at radius 3 is 2.42 bits per heavy atom. The lowest BCUT2D eigenvalue weighted by atomic mass is 9.91. The number of aryl methyl sites for hydroxylation is 1. The van der Waals surface area contributed by atoms with Gasteiger partial charge in [-0.15, -0.1) is 0 Å². The predicted octanol–water partition coefficient (Wildman–Crippen LogP) is 4.90. The highest BCUT2D eigenvalue weighted by molar-refractivity contribution is 5.98. The number of halogens is 2. The van der Waals surface area contributed by atoms with E-state index in [1.165, 1.54) is 17.0 Å². The smallest absolute Gasteiger partial charge is 0.254 e. The fourth-order valence-corrected chi connectivity index (χ4v) is 4.51. The highest BCUT2D eigenvalue weighted by atomic mass is 19.1. The molecule has 0 fully saturated rings. The molecule has 0 atom stereocenters. The molecule has 0 saturated carbocycles. The van der Waals surface area contributed by atoms with Crippen molar-refractivity contribution in [3.8, 4) is 11.1 Å². The fourth-order valence-electron chi connectivity index (χ4n) is 4.51. The maximum atomic E-state index is 15.1. The summed E-state index contributed by atoms with van der Waals surface area (Å²) >= 11 is 0. The summed E-state index contributed by atoms with van der Waals surface area (Å²) in [4.78, 5) is 14.1. The topological polar surface area (TPSA) is 58.4 Å². The number of benzene rings is 3. The van der Waals surface area contributed by atoms with Crippen LogP contribution in [0.1, 0.15) is 40.9 Å². The van der Waals surface area contributed by atoms with E-state index >= 15 is 8.78 Å². The number of hydrogen-bond acceptors (Lipinski definition) is 3. The summed E-state index contributed by atoms with van der Waals surface area (Å²) in [5.41, 5.74) is 2.34. The first kappa shape index (κ1) is 21.3. The molecule has 7 heteroatoms. The van der Waals surface area contributed by atoms with Crippen molar-refractivity contribution < 1.29 is 18.7 Å². The van der Waals surface area contributed by atoms with Crippen molar-refractivity contribution in [2.24, 2.45) is 7.05 Å². The molecule has 0 radical (unpaired) electrons. The van der Waals surface area contributed by atoms with Gasteiger partial charge in [0, 0.05) is 41.9 Å². The Morgan fingerprint density at radius 1 is 1.06 bits per heavy atom. The van der Waals surface area contributed by atoms with Gasteiger partial charge in [0.25, 0.3) is 5.91 Å². The van der Waals surface area contributed by atoms with Crippen molar-refractivity contribution >= 4 is 16.8 Å². The van der Waals surface area contributed by atoms with Crippen LogP contribution in [-0.2, 0) is 25.7 Å². The van der Waals surface area contributed by atoms with Crippen molar-refractivity contribution in [1.29, 1.82) is 0 Å². The maximum absolute atomic E-state index is 15.1. The van der Waals surface area contributed by atoms with E-state index in [1.54, 1.807) is 56.0 Å². The van der Waals surface area contributed by atoms with Crippen molar-refractivity contribution in [3.63, 3.8) is 0 Å². The van der Waals surface area contributed by atoms with E-state index in [9.17, 15) is 9.90 Å². The first-order chi connectivity index (χ1) is 15.6. The second kappa shape index (κ2) is 7.49. The monoisotopic (exact) mass is 447 g/mol. The summed E-state index contributed by atoms with van der Waals surface area (Å²) in [6.45, 7) is 3.51. The number of carbonyl (C=O) groups excluding carboxylic acids is 1. The number of amides is 1. The number of aromatic nitrogens is 2. The minimum atomic E-state index is -1.12. The van der Waals surface area contributed by atoms with Gasteiger partial charge in [0.2, 0.25) is 0 Å². The van der Waals surface area contributed by atoms with Crippen LogP contribution in [0.25, 0.3) is 22.0 Å². The van der Waals surface area contributed by atoms with Crippen LogP contribution >= 0.6 is 0 Å². The summed E-state index contributed by atoms with van der Waals surface area (Å²) in [6.07, 6.45) is 1.77. The van der Waals surface area contributed by atoms with Gasteiger partial charge in [-0.05, 0) is 48.7 Å². The van der Waals surface area contributed by atoms with Crippen LogP contribution in [0.3, 0.4) is 0 Å². The van der Waals surface area contributed by atoms with Gasteiger partial charge in [0.15, 0.2) is 0 Å². The van der Waals surface area contributed by atoms with Crippen LogP contribution in [-0.4, -0.2) is 25.7 Å². The molecule has 4 aromatic rings. The first-order valence-corrected chi connectivity index (χ1v) is 10.7. The quantitative estimate of drug-likeness (QED) is 0.484. The molecule has 3 aromatic carbocycles. The van der Waals surface area contributed by atoms with Crippen LogP contribution < -0.4 is 0 Å². The molecular formula is C26H23F2N3O2. The average molecular weight is 447 g/mol. The molecule has 0 bridgehead atoms. The van der Waals surface area contributed by atoms with Gasteiger partial charge in [-0.1, -0.05) is 30.3 Å². The molecular weight excluding hydrogens is 424 g/mol. The lowest BCUT2D eigenvalue weighted by Gasteiger charge is -2.20. The third-order valence-corrected chi connectivity index (χ3v) is 6.15. The number of carbonyl (C=O) groups is 1. The lowest BCUT2D eigenvalue weighted by molar-refractivity contribution is 0.0762. The molecule has 1 N–H and O–H groups in total. The van der Waals surface area contributed by atoms with Crippen LogP contribution in [0.2, 0.25) is 0 Å². The van der Waals surface area contributed by atoms with E-state index in [1.807, 2.05) is 12.1 Å². The number of aliphatic hydroxyl groups is 1. The second-order valence-electron chi connectivity index (χ2n) is 9.02. The number of hydrogen-bond donors (Lipinski definition) is 1. The van der Waals surface area contributed by atoms with Crippen molar-refractivity contribution in [3.05, 3.63) is 88.6 Å². The lowest BCUT2D eigenvalue weighted by Crippen LogP contribution is -2.24. The largest absolute Gasteiger partial charge is 0.386 e. The van der Waals surface area contributed by atoms with Crippen LogP contribution in [0.15, 0.2) is 54.7 Å². The second-order valence-corrected chi connectivity index (χ2v) is 9.02. The molecule has 1 aromatic heterocycles. The molecule has 1 aliphatic rings. The molecule has 168 valence electrons. The fraction of sp³-hybridized carbons (Fsp3) is 0.231. The van der Waals surface area contributed by atoms with Crippen molar-refractivity contribution in [2.75, 3.05) is 0 Å². The Morgan fingerprint density at radius 2 is 1.76 bits per heavy atom. The Kier molecular flexibility index (Phi) is 4.83. The predicted molar refractivity (Wildman–Crippen MR) is 121 cm³/mol. The zero-order valence-electron chi connectivity index (χ0n) is 18.6. The third kappa shape index (κ3) is 3.58. The highest BCUT2D eigenvalue weighted by Crippen LogP contribution is 2.36.